The molecule has 0 aliphatic rings. The van der Waals surface area contributed by atoms with Gasteiger partial charge in [0.15, 0.2) is 0 Å². The van der Waals surface area contributed by atoms with E-state index < -0.39 is 0 Å². The van der Waals surface area contributed by atoms with Crippen molar-refractivity contribution >= 4 is 33.4 Å². The van der Waals surface area contributed by atoms with E-state index in [0.29, 0.717) is 9.50 Å². The third-order valence-corrected chi connectivity index (χ3v) is 2.38. The summed E-state index contributed by atoms with van der Waals surface area (Å²) in [6.45, 7) is -0.0332. The second kappa shape index (κ2) is 4.61. The Bertz CT molecular complexity index is 416. The van der Waals surface area contributed by atoms with Crippen LogP contribution < -0.4 is 10.9 Å². The number of pyridine rings is 1. The van der Waals surface area contributed by atoms with Crippen molar-refractivity contribution in [2.75, 3.05) is 7.05 Å². The molecule has 0 aliphatic carbocycles. The Morgan fingerprint density at radius 2 is 2.36 bits per heavy atom. The second-order valence-electron chi connectivity index (χ2n) is 2.61. The van der Waals surface area contributed by atoms with Gasteiger partial charge in [-0.3, -0.25) is 9.59 Å². The summed E-state index contributed by atoms with van der Waals surface area (Å²) in [5.74, 6) is -0.249. The number of aromatic nitrogens is 1. The Hall–Kier alpha value is -0.810. The number of likely N-dealkylation sites (N-methyl/N-ethyl adjacent to an activating group) is 1. The summed E-state index contributed by atoms with van der Waals surface area (Å²) in [5, 5.41) is 2.83. The second-order valence-corrected chi connectivity index (χ2v) is 3.90. The smallest absolute Gasteiger partial charge is 0.265 e. The van der Waals surface area contributed by atoms with E-state index in [2.05, 4.69) is 21.2 Å². The number of carbonyl (C=O) groups excluding carboxylic acids is 1. The van der Waals surface area contributed by atoms with Crippen LogP contribution in [0.5, 0.6) is 0 Å². The van der Waals surface area contributed by atoms with Gasteiger partial charge in [-0.2, -0.15) is 0 Å². The van der Waals surface area contributed by atoms with Crippen LogP contribution in [0.1, 0.15) is 0 Å². The van der Waals surface area contributed by atoms with Crippen molar-refractivity contribution in [3.63, 3.8) is 0 Å². The van der Waals surface area contributed by atoms with Crippen molar-refractivity contribution in [1.82, 2.24) is 9.88 Å². The fourth-order valence-electron chi connectivity index (χ4n) is 0.916. The van der Waals surface area contributed by atoms with Crippen molar-refractivity contribution in [3.05, 3.63) is 32.1 Å². The lowest BCUT2D eigenvalue weighted by atomic mass is 10.4. The zero-order valence-electron chi connectivity index (χ0n) is 7.38. The molecule has 1 rings (SSSR count). The first-order valence-electron chi connectivity index (χ1n) is 3.80. The topological polar surface area (TPSA) is 51.1 Å². The van der Waals surface area contributed by atoms with Crippen molar-refractivity contribution in [2.45, 2.75) is 6.54 Å². The van der Waals surface area contributed by atoms with E-state index in [0.717, 1.165) is 0 Å². The van der Waals surface area contributed by atoms with Crippen molar-refractivity contribution in [2.24, 2.45) is 0 Å². The fraction of sp³-hybridized carbons (Fsp3) is 0.250. The summed E-state index contributed by atoms with van der Waals surface area (Å²) in [5.41, 5.74) is -0.280. The van der Waals surface area contributed by atoms with Gasteiger partial charge in [0.2, 0.25) is 5.91 Å². The standard InChI is InChI=1S/C8H8BrClN2O2/c1-11-7(13)4-12-3-5(10)2-6(9)8(12)14/h2-3H,4H2,1H3,(H,11,13). The van der Waals surface area contributed by atoms with Crippen LogP contribution >= 0.6 is 27.5 Å². The van der Waals surface area contributed by atoms with Gasteiger partial charge in [-0.05, 0) is 22.0 Å². The van der Waals surface area contributed by atoms with Gasteiger partial charge in [-0.1, -0.05) is 11.6 Å². The molecule has 6 heteroatoms. The molecule has 0 aliphatic heterocycles. The molecule has 0 bridgehead atoms. The normalized spacial score (nSPS) is 9.93. The first kappa shape index (κ1) is 11.3. The molecule has 0 unspecified atom stereocenters. The number of carbonyl (C=O) groups is 1. The Balaban J connectivity index is 3.09. The van der Waals surface area contributed by atoms with Gasteiger partial charge >= 0.3 is 0 Å². The van der Waals surface area contributed by atoms with E-state index in [4.69, 9.17) is 11.6 Å². The maximum atomic E-state index is 11.4. The number of nitrogens with one attached hydrogen (secondary N) is 1. The average Bonchev–Trinajstić information content (AvgIpc) is 2.13. The Kier molecular flexibility index (Phi) is 3.71. The maximum Gasteiger partial charge on any atom is 0.265 e. The lowest BCUT2D eigenvalue weighted by Gasteiger charge is -2.05. The van der Waals surface area contributed by atoms with E-state index in [9.17, 15) is 9.59 Å². The van der Waals surface area contributed by atoms with Crippen molar-refractivity contribution in [1.29, 1.82) is 0 Å². The molecule has 4 nitrogen and oxygen atoms in total. The zero-order chi connectivity index (χ0) is 10.7. The van der Waals surface area contributed by atoms with Crippen molar-refractivity contribution in [3.8, 4) is 0 Å². The van der Waals surface area contributed by atoms with Crippen LogP contribution in [0.25, 0.3) is 0 Å². The predicted octanol–water partition coefficient (Wildman–Crippen LogP) is 1.01. The number of amides is 1. The van der Waals surface area contributed by atoms with Crippen LogP contribution in [0.4, 0.5) is 0 Å². The minimum absolute atomic E-state index is 0.0332. The average molecular weight is 280 g/mol. The maximum absolute atomic E-state index is 11.4. The molecule has 0 fully saturated rings. The van der Waals surface area contributed by atoms with E-state index in [1.165, 1.54) is 23.9 Å². The highest BCUT2D eigenvalue weighted by Crippen LogP contribution is 2.11. The van der Waals surface area contributed by atoms with Gasteiger partial charge in [0, 0.05) is 13.2 Å². The van der Waals surface area contributed by atoms with Gasteiger partial charge in [0.05, 0.1) is 9.50 Å². The molecule has 0 atom stereocenters. The van der Waals surface area contributed by atoms with Gasteiger partial charge in [0.25, 0.3) is 5.56 Å². The molecule has 1 aromatic heterocycles. The van der Waals surface area contributed by atoms with Crippen LogP contribution in [0.2, 0.25) is 5.02 Å². The van der Waals surface area contributed by atoms with E-state index in [-0.39, 0.29) is 18.0 Å². The molecular weight excluding hydrogens is 271 g/mol. The SMILES string of the molecule is CNC(=O)Cn1cc(Cl)cc(Br)c1=O. The van der Waals surface area contributed by atoms with Crippen LogP contribution in [-0.2, 0) is 11.3 Å². The van der Waals surface area contributed by atoms with Crippen LogP contribution in [-0.4, -0.2) is 17.5 Å². The minimum atomic E-state index is -0.280. The largest absolute Gasteiger partial charge is 0.358 e. The number of nitrogens with zero attached hydrogens (tertiary/aromatic N) is 1. The van der Waals surface area contributed by atoms with E-state index >= 15 is 0 Å². The Morgan fingerprint density at radius 3 is 2.93 bits per heavy atom. The molecule has 14 heavy (non-hydrogen) atoms. The minimum Gasteiger partial charge on any atom is -0.358 e. The lowest BCUT2D eigenvalue weighted by molar-refractivity contribution is -0.121. The number of hydrogen-bond donors (Lipinski definition) is 1. The third-order valence-electron chi connectivity index (χ3n) is 1.60. The highest BCUT2D eigenvalue weighted by Gasteiger charge is 2.06. The molecule has 0 radical (unpaired) electrons. The molecule has 1 amide bonds. The third kappa shape index (κ3) is 2.59. The van der Waals surface area contributed by atoms with Crippen LogP contribution in [0.15, 0.2) is 21.5 Å². The molecule has 1 N–H and O–H groups in total. The molecule has 0 aromatic carbocycles. The summed E-state index contributed by atoms with van der Waals surface area (Å²) in [7, 11) is 1.51. The summed E-state index contributed by atoms with van der Waals surface area (Å²) >= 11 is 8.79. The summed E-state index contributed by atoms with van der Waals surface area (Å²) in [6.07, 6.45) is 1.42. The molecule has 1 heterocycles. The Morgan fingerprint density at radius 1 is 1.71 bits per heavy atom. The molecule has 0 spiro atoms. The molecular formula is C8H8BrClN2O2. The van der Waals surface area contributed by atoms with Crippen LogP contribution in [0, 0.1) is 0 Å². The van der Waals surface area contributed by atoms with E-state index in [1.54, 1.807) is 0 Å². The molecule has 0 saturated heterocycles. The quantitative estimate of drug-likeness (QED) is 0.878. The van der Waals surface area contributed by atoms with Crippen molar-refractivity contribution < 1.29 is 4.79 Å². The van der Waals surface area contributed by atoms with Gasteiger partial charge in [-0.15, -0.1) is 0 Å². The summed E-state index contributed by atoms with van der Waals surface area (Å²) in [4.78, 5) is 22.5. The monoisotopic (exact) mass is 278 g/mol. The number of rotatable bonds is 2. The highest BCUT2D eigenvalue weighted by molar-refractivity contribution is 9.10. The number of hydrogen-bond acceptors (Lipinski definition) is 2. The van der Waals surface area contributed by atoms with Gasteiger partial charge < -0.3 is 9.88 Å². The summed E-state index contributed by atoms with van der Waals surface area (Å²) < 4.78 is 1.58. The lowest BCUT2D eigenvalue weighted by Crippen LogP contribution is -2.30. The van der Waals surface area contributed by atoms with E-state index in [1.807, 2.05) is 0 Å². The zero-order valence-corrected chi connectivity index (χ0v) is 9.72. The fourth-order valence-corrected chi connectivity index (χ4v) is 1.75. The molecule has 76 valence electrons. The summed E-state index contributed by atoms with van der Waals surface area (Å²) in [6, 6.07) is 1.49. The van der Waals surface area contributed by atoms with Crippen LogP contribution in [0.3, 0.4) is 0 Å². The Labute approximate surface area is 94.0 Å². The molecule has 1 aromatic rings. The number of halogens is 2. The highest BCUT2D eigenvalue weighted by atomic mass is 79.9. The first-order chi connectivity index (χ1) is 6.54. The van der Waals surface area contributed by atoms with Gasteiger partial charge in [0.1, 0.15) is 6.54 Å². The predicted molar refractivity (Wildman–Crippen MR) is 57.5 cm³/mol. The van der Waals surface area contributed by atoms with Gasteiger partial charge in [-0.25, -0.2) is 0 Å². The molecule has 0 saturated carbocycles. The first-order valence-corrected chi connectivity index (χ1v) is 4.97.